The third-order valence-electron chi connectivity index (χ3n) is 4.12. The molecule has 0 aliphatic rings. The number of amides is 1. The van der Waals surface area contributed by atoms with Crippen LogP contribution in [0.15, 0.2) is 47.6 Å². The van der Waals surface area contributed by atoms with Crippen molar-refractivity contribution in [3.05, 3.63) is 47.6 Å². The lowest BCUT2D eigenvalue weighted by Gasteiger charge is -2.24. The maximum atomic E-state index is 10.6. The van der Waals surface area contributed by atoms with E-state index < -0.39 is 0 Å². The summed E-state index contributed by atoms with van der Waals surface area (Å²) in [7, 11) is 0. The van der Waals surface area contributed by atoms with Gasteiger partial charge in [-0.15, -0.1) is 6.58 Å². The second kappa shape index (κ2) is 11.9. The molecule has 1 N–H and O–H groups in total. The fourth-order valence-electron chi connectivity index (χ4n) is 2.33. The number of nitrogens with one attached hydrogen (secondary N) is 1. The van der Waals surface area contributed by atoms with Gasteiger partial charge in [-0.25, -0.2) is 0 Å². The zero-order chi connectivity index (χ0) is 17.7. The Morgan fingerprint density at radius 1 is 0.957 bits per heavy atom. The van der Waals surface area contributed by atoms with Crippen molar-refractivity contribution in [2.45, 2.75) is 78.7 Å². The molecule has 1 amide bonds. The summed E-state index contributed by atoms with van der Waals surface area (Å²) in [5, 5.41) is 2.83. The Labute approximate surface area is 143 Å². The van der Waals surface area contributed by atoms with Gasteiger partial charge in [0.15, 0.2) is 0 Å². The molecule has 0 aromatic rings. The summed E-state index contributed by atoms with van der Waals surface area (Å²) in [5.74, 6) is 0. The van der Waals surface area contributed by atoms with Crippen molar-refractivity contribution in [1.82, 2.24) is 5.32 Å². The van der Waals surface area contributed by atoms with Crippen LogP contribution in [0.25, 0.3) is 0 Å². The standard InChI is InChI=1S/C21H35NO/c1-7-21(6,22-17-23)16-10-15-20(5)14-9-13-19(4)12-8-11-18(2)3/h7,11,13,15,17H,1,8-10,12,14,16H2,2-6H3,(H,22,23)/b19-13+,20-15+. The van der Waals surface area contributed by atoms with E-state index in [1.807, 2.05) is 13.0 Å². The lowest BCUT2D eigenvalue weighted by Crippen LogP contribution is -2.39. The number of allylic oxidation sites excluding steroid dienone is 6. The van der Waals surface area contributed by atoms with Crippen molar-refractivity contribution in [2.24, 2.45) is 0 Å². The Morgan fingerprint density at radius 2 is 1.48 bits per heavy atom. The van der Waals surface area contributed by atoms with Gasteiger partial charge in [0.05, 0.1) is 5.54 Å². The summed E-state index contributed by atoms with van der Waals surface area (Å²) in [5.41, 5.74) is 3.98. The van der Waals surface area contributed by atoms with E-state index in [0.29, 0.717) is 0 Å². The fourth-order valence-corrected chi connectivity index (χ4v) is 2.33. The average molecular weight is 318 g/mol. The molecule has 0 radical (unpaired) electrons. The Balaban J connectivity index is 4.13. The smallest absolute Gasteiger partial charge is 0.207 e. The number of carbonyl (C=O) groups excluding carboxylic acids is 1. The van der Waals surface area contributed by atoms with Crippen LogP contribution in [0.4, 0.5) is 0 Å². The van der Waals surface area contributed by atoms with Crippen LogP contribution in [0.1, 0.15) is 73.1 Å². The molecule has 0 saturated heterocycles. The summed E-state index contributed by atoms with van der Waals surface area (Å²) < 4.78 is 0. The molecule has 0 spiro atoms. The van der Waals surface area contributed by atoms with Gasteiger partial charge in [0.25, 0.3) is 0 Å². The van der Waals surface area contributed by atoms with Crippen molar-refractivity contribution >= 4 is 6.41 Å². The molecule has 0 aromatic heterocycles. The average Bonchev–Trinajstić information content (AvgIpc) is 2.47. The van der Waals surface area contributed by atoms with Crippen molar-refractivity contribution in [3.63, 3.8) is 0 Å². The number of carbonyl (C=O) groups is 1. The summed E-state index contributed by atoms with van der Waals surface area (Å²) >= 11 is 0. The van der Waals surface area contributed by atoms with E-state index in [0.717, 1.165) is 44.9 Å². The molecule has 0 aromatic carbocycles. The van der Waals surface area contributed by atoms with E-state index >= 15 is 0 Å². The van der Waals surface area contributed by atoms with Crippen LogP contribution in [-0.4, -0.2) is 11.9 Å². The van der Waals surface area contributed by atoms with Crippen LogP contribution >= 0.6 is 0 Å². The summed E-state index contributed by atoms with van der Waals surface area (Å²) in [4.78, 5) is 10.6. The zero-order valence-corrected chi connectivity index (χ0v) is 15.7. The van der Waals surface area contributed by atoms with Gasteiger partial charge in [-0.3, -0.25) is 4.79 Å². The highest BCUT2D eigenvalue weighted by Gasteiger charge is 2.17. The molecule has 0 saturated carbocycles. The minimum absolute atomic E-state index is 0.306. The fraction of sp³-hybridized carbons (Fsp3) is 0.571. The summed E-state index contributed by atoms with van der Waals surface area (Å²) in [6.45, 7) is 14.5. The Bertz CT molecular complexity index is 452. The molecule has 0 bridgehead atoms. The molecule has 0 aliphatic carbocycles. The quantitative estimate of drug-likeness (QED) is 0.353. The summed E-state index contributed by atoms with van der Waals surface area (Å²) in [6.07, 6.45) is 15.8. The normalized spacial score (nSPS) is 14.8. The Hall–Kier alpha value is -1.57. The predicted molar refractivity (Wildman–Crippen MR) is 102 cm³/mol. The van der Waals surface area contributed by atoms with E-state index in [1.165, 1.54) is 16.7 Å². The van der Waals surface area contributed by atoms with Gasteiger partial charge < -0.3 is 5.32 Å². The molecular weight excluding hydrogens is 282 g/mol. The van der Waals surface area contributed by atoms with Crippen LogP contribution in [-0.2, 0) is 4.79 Å². The first-order chi connectivity index (χ1) is 10.8. The van der Waals surface area contributed by atoms with Gasteiger partial charge in [-0.1, -0.05) is 41.0 Å². The van der Waals surface area contributed by atoms with Gasteiger partial charge in [-0.2, -0.15) is 0 Å². The van der Waals surface area contributed by atoms with Crippen molar-refractivity contribution in [2.75, 3.05) is 0 Å². The first-order valence-electron chi connectivity index (χ1n) is 8.62. The first-order valence-corrected chi connectivity index (χ1v) is 8.62. The number of rotatable bonds is 12. The molecule has 2 heteroatoms. The molecule has 1 atom stereocenters. The van der Waals surface area contributed by atoms with Crippen molar-refractivity contribution < 1.29 is 4.79 Å². The van der Waals surface area contributed by atoms with Crippen molar-refractivity contribution in [3.8, 4) is 0 Å². The maximum absolute atomic E-state index is 10.6. The first kappa shape index (κ1) is 21.4. The molecule has 23 heavy (non-hydrogen) atoms. The Morgan fingerprint density at radius 3 is 1.96 bits per heavy atom. The molecule has 1 unspecified atom stereocenters. The number of hydrogen-bond acceptors (Lipinski definition) is 1. The highest BCUT2D eigenvalue weighted by molar-refractivity contribution is 5.48. The van der Waals surface area contributed by atoms with Gasteiger partial charge in [-0.05, 0) is 73.1 Å². The van der Waals surface area contributed by atoms with E-state index in [2.05, 4.69) is 57.8 Å². The van der Waals surface area contributed by atoms with E-state index in [4.69, 9.17) is 0 Å². The molecule has 130 valence electrons. The monoisotopic (exact) mass is 317 g/mol. The van der Waals surface area contributed by atoms with Gasteiger partial charge in [0, 0.05) is 0 Å². The third-order valence-corrected chi connectivity index (χ3v) is 4.12. The van der Waals surface area contributed by atoms with Crippen LogP contribution in [0, 0.1) is 0 Å². The molecule has 0 aliphatic heterocycles. The van der Waals surface area contributed by atoms with Gasteiger partial charge >= 0.3 is 0 Å². The molecular formula is C21H35NO. The van der Waals surface area contributed by atoms with Crippen LogP contribution < -0.4 is 5.32 Å². The largest absolute Gasteiger partial charge is 0.350 e. The zero-order valence-electron chi connectivity index (χ0n) is 15.7. The highest BCUT2D eigenvalue weighted by Crippen LogP contribution is 2.16. The van der Waals surface area contributed by atoms with Gasteiger partial charge in [0.1, 0.15) is 0 Å². The van der Waals surface area contributed by atoms with Gasteiger partial charge in [0.2, 0.25) is 6.41 Å². The molecule has 2 nitrogen and oxygen atoms in total. The maximum Gasteiger partial charge on any atom is 0.207 e. The van der Waals surface area contributed by atoms with Crippen LogP contribution in [0.3, 0.4) is 0 Å². The highest BCUT2D eigenvalue weighted by atomic mass is 16.1. The van der Waals surface area contributed by atoms with E-state index in [-0.39, 0.29) is 5.54 Å². The molecule has 0 rings (SSSR count). The number of hydrogen-bond donors (Lipinski definition) is 1. The minimum atomic E-state index is -0.306. The van der Waals surface area contributed by atoms with Crippen LogP contribution in [0.2, 0.25) is 0 Å². The lowest BCUT2D eigenvalue weighted by molar-refractivity contribution is -0.110. The predicted octanol–water partition coefficient (Wildman–Crippen LogP) is 5.88. The van der Waals surface area contributed by atoms with Crippen molar-refractivity contribution in [1.29, 1.82) is 0 Å². The summed E-state index contributed by atoms with van der Waals surface area (Å²) in [6, 6.07) is 0. The van der Waals surface area contributed by atoms with E-state index in [1.54, 1.807) is 0 Å². The second-order valence-corrected chi connectivity index (χ2v) is 6.88. The molecule has 0 heterocycles. The van der Waals surface area contributed by atoms with E-state index in [9.17, 15) is 4.79 Å². The lowest BCUT2D eigenvalue weighted by atomic mass is 9.95. The Kier molecular flexibility index (Phi) is 11.1. The SMILES string of the molecule is C=CC(C)(CC/C=C(\C)CC/C=C(\C)CCC=C(C)C)NC=O. The van der Waals surface area contributed by atoms with Crippen LogP contribution in [0.5, 0.6) is 0 Å². The minimum Gasteiger partial charge on any atom is -0.350 e. The third kappa shape index (κ3) is 11.6. The topological polar surface area (TPSA) is 29.1 Å². The second-order valence-electron chi connectivity index (χ2n) is 6.88. The molecule has 0 fully saturated rings.